The third-order valence-electron chi connectivity index (χ3n) is 2.92. The van der Waals surface area contributed by atoms with Crippen LogP contribution in [0, 0.1) is 0 Å². The number of nitrogens with zero attached hydrogens (tertiary/aromatic N) is 1. The van der Waals surface area contributed by atoms with Gasteiger partial charge < -0.3 is 14.2 Å². The number of rotatable bonds is 7. The molecule has 2 rings (SSSR count). The summed E-state index contributed by atoms with van der Waals surface area (Å²) in [7, 11) is 1.27. The molecule has 0 amide bonds. The Kier molecular flexibility index (Phi) is 5.88. The Balaban J connectivity index is 2.31. The molecule has 118 valence electrons. The van der Waals surface area contributed by atoms with E-state index in [1.54, 1.807) is 6.07 Å². The van der Waals surface area contributed by atoms with Crippen LogP contribution in [0.15, 0.2) is 48.9 Å². The third kappa shape index (κ3) is 4.41. The maximum atomic E-state index is 11.9. The van der Waals surface area contributed by atoms with Gasteiger partial charge in [0.25, 0.3) is 6.47 Å². The van der Waals surface area contributed by atoms with Crippen LogP contribution >= 0.6 is 0 Å². The Morgan fingerprint density at radius 3 is 2.70 bits per heavy atom. The summed E-state index contributed by atoms with van der Waals surface area (Å²) in [6.07, 6.45) is 4.14. The maximum Gasteiger partial charge on any atom is 0.360 e. The first-order valence-corrected chi connectivity index (χ1v) is 6.76. The molecule has 23 heavy (non-hydrogen) atoms. The zero-order chi connectivity index (χ0) is 16.5. The van der Waals surface area contributed by atoms with Crippen LogP contribution in [0.25, 0.3) is 6.08 Å². The topological polar surface area (TPSA) is 74.7 Å². The summed E-state index contributed by atoms with van der Waals surface area (Å²) in [6.45, 7) is 0.551. The summed E-state index contributed by atoms with van der Waals surface area (Å²) in [5, 5.41) is 0. The molecule has 0 saturated heterocycles. The monoisotopic (exact) mass is 313 g/mol. The number of methoxy groups -OCH3 is 1. The van der Waals surface area contributed by atoms with E-state index in [0.717, 1.165) is 5.56 Å². The van der Waals surface area contributed by atoms with Crippen molar-refractivity contribution in [3.05, 3.63) is 65.7 Å². The van der Waals surface area contributed by atoms with Crippen LogP contribution in [-0.4, -0.2) is 24.5 Å². The van der Waals surface area contributed by atoms with Crippen LogP contribution in [0.4, 0.5) is 0 Å². The van der Waals surface area contributed by atoms with Gasteiger partial charge in [-0.05, 0) is 17.7 Å². The molecule has 0 unspecified atom stereocenters. The van der Waals surface area contributed by atoms with E-state index < -0.39 is 5.97 Å². The molecular weight excluding hydrogens is 298 g/mol. The largest absolute Gasteiger partial charge is 0.486 e. The minimum Gasteiger partial charge on any atom is -0.486 e. The molecule has 6 heteroatoms. The lowest BCUT2D eigenvalue weighted by Crippen LogP contribution is -2.09. The average molecular weight is 313 g/mol. The fraction of sp³-hybridized carbons (Fsp3) is 0.118. The molecule has 1 aromatic heterocycles. The first kappa shape index (κ1) is 16.2. The molecule has 0 fully saturated rings. The third-order valence-corrected chi connectivity index (χ3v) is 2.92. The van der Waals surface area contributed by atoms with Gasteiger partial charge in [-0.2, -0.15) is 0 Å². The summed E-state index contributed by atoms with van der Waals surface area (Å²) >= 11 is 0. The molecular formula is C17H15NO5. The highest BCUT2D eigenvalue weighted by Gasteiger charge is 2.18. The van der Waals surface area contributed by atoms with Gasteiger partial charge >= 0.3 is 5.97 Å². The maximum absolute atomic E-state index is 11.9. The van der Waals surface area contributed by atoms with Crippen LogP contribution in [0.5, 0.6) is 5.75 Å². The Morgan fingerprint density at radius 2 is 2.00 bits per heavy atom. The van der Waals surface area contributed by atoms with E-state index in [1.165, 1.54) is 25.6 Å². The van der Waals surface area contributed by atoms with Crippen molar-refractivity contribution in [3.8, 4) is 5.75 Å². The SMILES string of the molecule is COC(=O)c1nccc(/C=C/OC=O)c1OCc1ccccc1. The van der Waals surface area contributed by atoms with E-state index in [2.05, 4.69) is 9.72 Å². The zero-order valence-electron chi connectivity index (χ0n) is 12.5. The Labute approximate surface area is 133 Å². The Bertz CT molecular complexity index is 697. The lowest BCUT2D eigenvalue weighted by Gasteiger charge is -2.12. The number of esters is 1. The molecule has 0 aliphatic heterocycles. The normalized spacial score (nSPS) is 10.3. The summed E-state index contributed by atoms with van der Waals surface area (Å²) < 4.78 is 15.0. The smallest absolute Gasteiger partial charge is 0.360 e. The molecule has 0 atom stereocenters. The van der Waals surface area contributed by atoms with Crippen molar-refractivity contribution in [2.45, 2.75) is 6.61 Å². The van der Waals surface area contributed by atoms with Crippen LogP contribution in [0.1, 0.15) is 21.6 Å². The van der Waals surface area contributed by atoms with Gasteiger partial charge in [0.15, 0.2) is 11.4 Å². The molecule has 0 bridgehead atoms. The van der Waals surface area contributed by atoms with Crippen LogP contribution in [0.2, 0.25) is 0 Å². The molecule has 6 nitrogen and oxygen atoms in total. The number of hydrogen-bond donors (Lipinski definition) is 0. The standard InChI is InChI=1S/C17H15NO5/c1-21-17(20)15-16(23-11-13-5-3-2-4-6-13)14(7-9-18-15)8-10-22-12-19/h2-10,12H,11H2,1H3/b10-8+. The summed E-state index contributed by atoms with van der Waals surface area (Å²) in [6, 6.07) is 11.1. The summed E-state index contributed by atoms with van der Waals surface area (Å²) in [5.74, 6) is -0.353. The van der Waals surface area contributed by atoms with E-state index in [0.29, 0.717) is 12.0 Å². The molecule has 2 aromatic rings. The Hall–Kier alpha value is -3.15. The van der Waals surface area contributed by atoms with Gasteiger partial charge in [0.05, 0.1) is 13.4 Å². The number of hydrogen-bond acceptors (Lipinski definition) is 6. The van der Waals surface area contributed by atoms with E-state index >= 15 is 0 Å². The number of pyridine rings is 1. The van der Waals surface area contributed by atoms with Crippen LogP contribution in [-0.2, 0) is 20.9 Å². The van der Waals surface area contributed by atoms with Crippen molar-refractivity contribution in [2.75, 3.05) is 7.11 Å². The highest BCUT2D eigenvalue weighted by molar-refractivity contribution is 5.91. The quantitative estimate of drug-likeness (QED) is 0.444. The van der Waals surface area contributed by atoms with Crippen molar-refractivity contribution >= 4 is 18.5 Å². The average Bonchev–Trinajstić information content (AvgIpc) is 2.60. The predicted molar refractivity (Wildman–Crippen MR) is 82.5 cm³/mol. The van der Waals surface area contributed by atoms with Crippen LogP contribution < -0.4 is 4.74 Å². The minimum absolute atomic E-state index is 0.0525. The van der Waals surface area contributed by atoms with Gasteiger partial charge in [-0.3, -0.25) is 4.79 Å². The van der Waals surface area contributed by atoms with Gasteiger partial charge in [-0.15, -0.1) is 0 Å². The number of carbonyl (C=O) groups excluding carboxylic acids is 2. The van der Waals surface area contributed by atoms with Gasteiger partial charge in [0, 0.05) is 11.8 Å². The number of ether oxygens (including phenoxy) is 3. The predicted octanol–water partition coefficient (Wildman–Crippen LogP) is 2.59. The van der Waals surface area contributed by atoms with Crippen molar-refractivity contribution in [3.63, 3.8) is 0 Å². The van der Waals surface area contributed by atoms with E-state index in [9.17, 15) is 9.59 Å². The van der Waals surface area contributed by atoms with E-state index in [-0.39, 0.29) is 18.1 Å². The number of carbonyl (C=O) groups is 2. The highest BCUT2D eigenvalue weighted by atomic mass is 16.5. The first-order valence-electron chi connectivity index (χ1n) is 6.76. The van der Waals surface area contributed by atoms with Crippen molar-refractivity contribution in [1.29, 1.82) is 0 Å². The highest BCUT2D eigenvalue weighted by Crippen LogP contribution is 2.25. The summed E-state index contributed by atoms with van der Waals surface area (Å²) in [4.78, 5) is 26.1. The first-order chi connectivity index (χ1) is 11.3. The fourth-order valence-electron chi connectivity index (χ4n) is 1.86. The summed E-state index contributed by atoms with van der Waals surface area (Å²) in [5.41, 5.74) is 1.53. The molecule has 0 radical (unpaired) electrons. The lowest BCUT2D eigenvalue weighted by atomic mass is 10.2. The Morgan fingerprint density at radius 1 is 1.22 bits per heavy atom. The van der Waals surface area contributed by atoms with Crippen molar-refractivity contribution in [1.82, 2.24) is 4.98 Å². The van der Waals surface area contributed by atoms with Crippen LogP contribution in [0.3, 0.4) is 0 Å². The molecule has 0 aliphatic rings. The van der Waals surface area contributed by atoms with E-state index in [4.69, 9.17) is 9.47 Å². The molecule has 0 aliphatic carbocycles. The molecule has 0 saturated carbocycles. The minimum atomic E-state index is -0.611. The second-order valence-corrected chi connectivity index (χ2v) is 4.38. The fourth-order valence-corrected chi connectivity index (χ4v) is 1.86. The van der Waals surface area contributed by atoms with Crippen molar-refractivity contribution in [2.24, 2.45) is 0 Å². The second-order valence-electron chi connectivity index (χ2n) is 4.38. The number of benzene rings is 1. The lowest BCUT2D eigenvalue weighted by molar-refractivity contribution is -0.123. The molecule has 0 N–H and O–H groups in total. The molecule has 1 heterocycles. The molecule has 1 aromatic carbocycles. The van der Waals surface area contributed by atoms with Crippen molar-refractivity contribution < 1.29 is 23.8 Å². The molecule has 0 spiro atoms. The van der Waals surface area contributed by atoms with Gasteiger partial charge in [-0.1, -0.05) is 30.3 Å². The second kappa shape index (κ2) is 8.33. The van der Waals surface area contributed by atoms with Gasteiger partial charge in [0.1, 0.15) is 6.61 Å². The van der Waals surface area contributed by atoms with E-state index in [1.807, 2.05) is 30.3 Å². The number of aromatic nitrogens is 1. The zero-order valence-corrected chi connectivity index (χ0v) is 12.5. The van der Waals surface area contributed by atoms with Gasteiger partial charge in [0.2, 0.25) is 0 Å². The van der Waals surface area contributed by atoms with Gasteiger partial charge in [-0.25, -0.2) is 9.78 Å².